The van der Waals surface area contributed by atoms with Gasteiger partial charge >= 0.3 is 0 Å². The minimum absolute atomic E-state index is 0.233. The van der Waals surface area contributed by atoms with Gasteiger partial charge in [-0.3, -0.25) is 4.79 Å². The number of nitrogens with zero attached hydrogens (tertiary/aromatic N) is 2. The van der Waals surface area contributed by atoms with E-state index in [0.29, 0.717) is 15.6 Å². The highest BCUT2D eigenvalue weighted by atomic mass is 79.9. The number of aryl methyl sites for hydroxylation is 1. The molecule has 0 radical (unpaired) electrons. The van der Waals surface area contributed by atoms with Crippen LogP contribution >= 0.6 is 39.1 Å². The van der Waals surface area contributed by atoms with Crippen LogP contribution in [0.2, 0.25) is 5.02 Å². The van der Waals surface area contributed by atoms with Crippen LogP contribution in [-0.2, 0) is 0 Å². The molecule has 1 N–H and O–H groups in total. The number of carbonyl (C=O) groups excluding carboxylic acids is 1. The molecule has 1 heterocycles. The van der Waals surface area contributed by atoms with E-state index in [9.17, 15) is 4.79 Å². The summed E-state index contributed by atoms with van der Waals surface area (Å²) in [5.41, 5.74) is 3.04. The third-order valence-corrected chi connectivity index (χ3v) is 4.74. The summed E-state index contributed by atoms with van der Waals surface area (Å²) in [6, 6.07) is 12.9. The van der Waals surface area contributed by atoms with Crippen molar-refractivity contribution in [2.24, 2.45) is 0 Å². The maximum Gasteiger partial charge on any atom is 0.269 e. The molecule has 0 saturated heterocycles. The van der Waals surface area contributed by atoms with Gasteiger partial charge in [-0.1, -0.05) is 44.2 Å². The van der Waals surface area contributed by atoms with Gasteiger partial charge in [0.05, 0.1) is 0 Å². The maximum atomic E-state index is 12.6. The van der Waals surface area contributed by atoms with E-state index in [-0.39, 0.29) is 5.91 Å². The minimum Gasteiger partial charge on any atom is -0.321 e. The largest absolute Gasteiger partial charge is 0.321 e. The van der Waals surface area contributed by atoms with Crippen LogP contribution in [0.25, 0.3) is 11.3 Å². The third-order valence-electron chi connectivity index (χ3n) is 3.25. The summed E-state index contributed by atoms with van der Waals surface area (Å²) in [4.78, 5) is 13.0. The second-order valence-corrected chi connectivity index (χ2v) is 6.98. The highest BCUT2D eigenvalue weighted by Gasteiger charge is 2.18. The zero-order valence-electron chi connectivity index (χ0n) is 12.0. The molecule has 0 atom stereocenters. The number of hydrogen-bond acceptors (Lipinski definition) is 4. The number of aromatic nitrogens is 2. The molecular formula is C16H11BrClN3OS. The van der Waals surface area contributed by atoms with Gasteiger partial charge in [0.2, 0.25) is 0 Å². The molecule has 0 bridgehead atoms. The van der Waals surface area contributed by atoms with Gasteiger partial charge in [0.15, 0.2) is 0 Å². The number of carbonyl (C=O) groups is 1. The second kappa shape index (κ2) is 6.78. The fourth-order valence-corrected chi connectivity index (χ4v) is 3.16. The fourth-order valence-electron chi connectivity index (χ4n) is 2.08. The van der Waals surface area contributed by atoms with Crippen LogP contribution in [-0.4, -0.2) is 15.5 Å². The molecule has 116 valence electrons. The Morgan fingerprint density at radius 2 is 1.96 bits per heavy atom. The summed E-state index contributed by atoms with van der Waals surface area (Å²) >= 11 is 10.4. The van der Waals surface area contributed by atoms with Crippen molar-refractivity contribution in [1.29, 1.82) is 0 Å². The second-order valence-electron chi connectivity index (χ2n) is 4.87. The minimum atomic E-state index is -0.233. The lowest BCUT2D eigenvalue weighted by molar-refractivity contribution is 0.103. The first-order valence-electron chi connectivity index (χ1n) is 6.70. The van der Waals surface area contributed by atoms with E-state index in [1.165, 1.54) is 0 Å². The molecule has 7 heteroatoms. The molecule has 3 aromatic rings. The van der Waals surface area contributed by atoms with Crippen molar-refractivity contribution in [1.82, 2.24) is 9.59 Å². The van der Waals surface area contributed by atoms with Crippen molar-refractivity contribution in [3.05, 3.63) is 62.4 Å². The predicted octanol–water partition coefficient (Wildman–Crippen LogP) is 5.18. The Morgan fingerprint density at radius 1 is 1.22 bits per heavy atom. The summed E-state index contributed by atoms with van der Waals surface area (Å²) in [6.07, 6.45) is 0. The van der Waals surface area contributed by atoms with E-state index < -0.39 is 0 Å². The van der Waals surface area contributed by atoms with Crippen molar-refractivity contribution >= 4 is 50.7 Å². The van der Waals surface area contributed by atoms with Gasteiger partial charge in [0.1, 0.15) is 10.6 Å². The Bertz CT molecular complexity index is 864. The van der Waals surface area contributed by atoms with E-state index >= 15 is 0 Å². The normalized spacial score (nSPS) is 10.6. The molecule has 23 heavy (non-hydrogen) atoms. The lowest BCUT2D eigenvalue weighted by atomic mass is 10.1. The summed E-state index contributed by atoms with van der Waals surface area (Å²) in [5.74, 6) is -0.233. The number of benzene rings is 2. The third kappa shape index (κ3) is 3.60. The molecule has 1 aromatic heterocycles. The molecule has 3 rings (SSSR count). The van der Waals surface area contributed by atoms with Gasteiger partial charge < -0.3 is 5.32 Å². The Hall–Kier alpha value is -1.76. The summed E-state index contributed by atoms with van der Waals surface area (Å²) in [6.45, 7) is 1.89. The number of amides is 1. The van der Waals surface area contributed by atoms with Crippen molar-refractivity contribution in [2.45, 2.75) is 6.92 Å². The maximum absolute atomic E-state index is 12.6. The lowest BCUT2D eigenvalue weighted by Gasteiger charge is -2.08. The van der Waals surface area contributed by atoms with Crippen LogP contribution in [0.15, 0.2) is 46.9 Å². The summed E-state index contributed by atoms with van der Waals surface area (Å²) < 4.78 is 4.88. The van der Waals surface area contributed by atoms with Crippen LogP contribution in [0.4, 0.5) is 5.69 Å². The molecule has 1 amide bonds. The van der Waals surface area contributed by atoms with Crippen molar-refractivity contribution < 1.29 is 4.79 Å². The van der Waals surface area contributed by atoms with E-state index in [1.807, 2.05) is 31.2 Å². The van der Waals surface area contributed by atoms with E-state index in [0.717, 1.165) is 32.8 Å². The van der Waals surface area contributed by atoms with Crippen molar-refractivity contribution in [3.63, 3.8) is 0 Å². The molecule has 0 aliphatic heterocycles. The van der Waals surface area contributed by atoms with Crippen molar-refractivity contribution in [2.75, 3.05) is 5.32 Å². The topological polar surface area (TPSA) is 54.9 Å². The average Bonchev–Trinajstić information content (AvgIpc) is 3.00. The number of hydrogen-bond donors (Lipinski definition) is 1. The molecule has 2 aromatic carbocycles. The number of halogens is 2. The van der Waals surface area contributed by atoms with Crippen LogP contribution < -0.4 is 5.32 Å². The summed E-state index contributed by atoms with van der Waals surface area (Å²) in [7, 11) is 0. The quantitative estimate of drug-likeness (QED) is 0.649. The van der Waals surface area contributed by atoms with Crippen LogP contribution in [0.5, 0.6) is 0 Å². The van der Waals surface area contributed by atoms with E-state index in [2.05, 4.69) is 30.8 Å². The molecule has 0 fully saturated rings. The zero-order chi connectivity index (χ0) is 16.4. The van der Waals surface area contributed by atoms with Crippen LogP contribution in [0.3, 0.4) is 0 Å². The van der Waals surface area contributed by atoms with Gasteiger partial charge in [-0.2, -0.15) is 0 Å². The van der Waals surface area contributed by atoms with Gasteiger partial charge in [0, 0.05) is 20.7 Å². The Balaban J connectivity index is 1.89. The molecule has 0 aliphatic rings. The SMILES string of the molecule is Cc1cc(Cl)ccc1NC(=O)c1snnc1-c1ccc(Br)cc1. The van der Waals surface area contributed by atoms with E-state index in [4.69, 9.17) is 11.6 Å². The molecule has 0 aliphatic carbocycles. The van der Waals surface area contributed by atoms with Gasteiger partial charge in [0.25, 0.3) is 5.91 Å². The highest BCUT2D eigenvalue weighted by Crippen LogP contribution is 2.27. The highest BCUT2D eigenvalue weighted by molar-refractivity contribution is 9.10. The monoisotopic (exact) mass is 407 g/mol. The standard InChI is InChI=1S/C16H11BrClN3OS/c1-9-8-12(18)6-7-13(9)19-16(22)15-14(20-21-23-15)10-2-4-11(17)5-3-10/h2-8H,1H3,(H,19,22). The Labute approximate surface area is 150 Å². The Kier molecular flexibility index (Phi) is 4.75. The Morgan fingerprint density at radius 3 is 2.65 bits per heavy atom. The number of anilines is 1. The molecule has 4 nitrogen and oxygen atoms in total. The molecule has 0 unspecified atom stereocenters. The van der Waals surface area contributed by atoms with E-state index in [1.54, 1.807) is 18.2 Å². The van der Waals surface area contributed by atoms with Crippen molar-refractivity contribution in [3.8, 4) is 11.3 Å². The molecule has 0 saturated carbocycles. The first-order chi connectivity index (χ1) is 11.0. The average molecular weight is 409 g/mol. The van der Waals surface area contributed by atoms with Crippen LogP contribution in [0.1, 0.15) is 15.2 Å². The predicted molar refractivity (Wildman–Crippen MR) is 97.2 cm³/mol. The number of rotatable bonds is 3. The first kappa shape index (κ1) is 16.1. The molecule has 0 spiro atoms. The van der Waals surface area contributed by atoms with Gasteiger partial charge in [-0.15, -0.1) is 5.10 Å². The van der Waals surface area contributed by atoms with Crippen LogP contribution in [0, 0.1) is 6.92 Å². The zero-order valence-corrected chi connectivity index (χ0v) is 15.2. The lowest BCUT2D eigenvalue weighted by Crippen LogP contribution is -2.12. The first-order valence-corrected chi connectivity index (χ1v) is 8.65. The fraction of sp³-hybridized carbons (Fsp3) is 0.0625. The smallest absolute Gasteiger partial charge is 0.269 e. The van der Waals surface area contributed by atoms with Gasteiger partial charge in [-0.25, -0.2) is 0 Å². The van der Waals surface area contributed by atoms with Gasteiger partial charge in [-0.05, 0) is 54.4 Å². The summed E-state index contributed by atoms with van der Waals surface area (Å²) in [5, 5.41) is 7.61. The number of nitrogens with one attached hydrogen (secondary N) is 1. The molecular weight excluding hydrogens is 398 g/mol.